The number of carbonyl (C=O) groups is 3. The van der Waals surface area contributed by atoms with E-state index in [0.29, 0.717) is 51.1 Å². The Labute approximate surface area is 177 Å². The van der Waals surface area contributed by atoms with Crippen molar-refractivity contribution in [3.8, 4) is 0 Å². The maximum Gasteiger partial charge on any atom is 0.253 e. The Bertz CT molecular complexity index is 733. The molecule has 0 spiro atoms. The molecule has 1 heterocycles. The summed E-state index contributed by atoms with van der Waals surface area (Å²) in [7, 11) is 1.55. The fraction of sp³-hybridized carbons (Fsp3) is 0.591. The quantitative estimate of drug-likeness (QED) is 0.597. The minimum Gasteiger partial charge on any atom is -0.383 e. The van der Waals surface area contributed by atoms with Crippen LogP contribution < -0.4 is 10.6 Å². The molecule has 3 amide bonds. The van der Waals surface area contributed by atoms with Crippen molar-refractivity contribution in [2.24, 2.45) is 11.8 Å². The van der Waals surface area contributed by atoms with Crippen LogP contribution in [0.5, 0.6) is 0 Å². The fourth-order valence-corrected chi connectivity index (χ4v) is 3.63. The highest BCUT2D eigenvalue weighted by atomic mass is 19.1. The van der Waals surface area contributed by atoms with Gasteiger partial charge in [0.1, 0.15) is 11.9 Å². The number of halogens is 1. The molecule has 1 atom stereocenters. The van der Waals surface area contributed by atoms with Crippen molar-refractivity contribution < 1.29 is 23.5 Å². The number of methoxy groups -OCH3 is 1. The molecule has 2 N–H and O–H groups in total. The monoisotopic (exact) mass is 421 g/mol. The molecule has 7 nitrogen and oxygen atoms in total. The third-order valence-electron chi connectivity index (χ3n) is 5.17. The summed E-state index contributed by atoms with van der Waals surface area (Å²) in [6, 6.07) is 4.98. The van der Waals surface area contributed by atoms with Gasteiger partial charge in [-0.25, -0.2) is 4.39 Å². The molecule has 166 valence electrons. The third-order valence-corrected chi connectivity index (χ3v) is 5.17. The molecule has 1 aliphatic rings. The molecule has 0 bridgehead atoms. The number of nitrogens with zero attached hydrogens (tertiary/aromatic N) is 1. The van der Waals surface area contributed by atoms with Crippen molar-refractivity contribution in [3.63, 3.8) is 0 Å². The molecule has 1 saturated heterocycles. The van der Waals surface area contributed by atoms with E-state index in [1.54, 1.807) is 18.1 Å². The van der Waals surface area contributed by atoms with Gasteiger partial charge in [-0.05, 0) is 42.9 Å². The Hall–Kier alpha value is -2.48. The lowest BCUT2D eigenvalue weighted by molar-refractivity contribution is -0.131. The number of nitrogens with one attached hydrogen (secondary N) is 2. The Kier molecular flexibility index (Phi) is 9.23. The summed E-state index contributed by atoms with van der Waals surface area (Å²) in [5.74, 6) is -0.961. The molecule has 0 aromatic heterocycles. The molecule has 0 unspecified atom stereocenters. The van der Waals surface area contributed by atoms with Crippen LogP contribution in [0.1, 0.15) is 43.5 Å². The van der Waals surface area contributed by atoms with Gasteiger partial charge in [-0.3, -0.25) is 14.4 Å². The van der Waals surface area contributed by atoms with E-state index >= 15 is 0 Å². The minimum absolute atomic E-state index is 0.0831. The van der Waals surface area contributed by atoms with Crippen LogP contribution in [0, 0.1) is 17.7 Å². The van der Waals surface area contributed by atoms with E-state index in [1.807, 2.05) is 13.8 Å². The van der Waals surface area contributed by atoms with Crippen LogP contribution in [0.4, 0.5) is 4.39 Å². The zero-order valence-corrected chi connectivity index (χ0v) is 17.9. The first-order valence-electron chi connectivity index (χ1n) is 10.4. The molecule has 2 rings (SSSR count). The number of amides is 3. The van der Waals surface area contributed by atoms with E-state index in [4.69, 9.17) is 4.74 Å². The topological polar surface area (TPSA) is 87.7 Å². The van der Waals surface area contributed by atoms with Gasteiger partial charge in [-0.2, -0.15) is 0 Å². The lowest BCUT2D eigenvalue weighted by Gasteiger charge is -2.36. The van der Waals surface area contributed by atoms with Crippen molar-refractivity contribution in [1.82, 2.24) is 15.5 Å². The molecule has 1 aromatic carbocycles. The Balaban J connectivity index is 2.00. The number of carbonyl (C=O) groups excluding carboxylic acids is 3. The number of hydrogen-bond donors (Lipinski definition) is 2. The van der Waals surface area contributed by atoms with Gasteiger partial charge in [0.2, 0.25) is 11.8 Å². The second-order valence-corrected chi connectivity index (χ2v) is 8.07. The van der Waals surface area contributed by atoms with Gasteiger partial charge in [0, 0.05) is 38.7 Å². The smallest absolute Gasteiger partial charge is 0.253 e. The van der Waals surface area contributed by atoms with E-state index in [-0.39, 0.29) is 29.6 Å². The van der Waals surface area contributed by atoms with E-state index in [2.05, 4.69) is 10.6 Å². The Morgan fingerprint density at radius 1 is 1.23 bits per heavy atom. The number of ether oxygens (including phenoxy) is 1. The zero-order chi connectivity index (χ0) is 22.1. The van der Waals surface area contributed by atoms with Crippen LogP contribution in [0.2, 0.25) is 0 Å². The van der Waals surface area contributed by atoms with Crippen molar-refractivity contribution >= 4 is 17.7 Å². The second-order valence-electron chi connectivity index (χ2n) is 8.07. The lowest BCUT2D eigenvalue weighted by atomic mass is 9.88. The van der Waals surface area contributed by atoms with E-state index in [1.165, 1.54) is 18.2 Å². The molecule has 0 radical (unpaired) electrons. The average molecular weight is 422 g/mol. The maximum atomic E-state index is 13.4. The number of rotatable bonds is 9. The maximum absolute atomic E-state index is 13.4. The SMILES string of the molecule is COCCNC(=O)[C@@H](NC(=O)CC(C)C)C1CCN(C(=O)c2cccc(F)c2)CC1. The number of benzene rings is 1. The number of piperidine rings is 1. The molecule has 0 aliphatic carbocycles. The minimum atomic E-state index is -0.653. The molecular formula is C22H32FN3O4. The van der Waals surface area contributed by atoms with Gasteiger partial charge in [-0.1, -0.05) is 19.9 Å². The van der Waals surface area contributed by atoms with Crippen molar-refractivity contribution in [2.75, 3.05) is 33.4 Å². The lowest BCUT2D eigenvalue weighted by Crippen LogP contribution is -2.54. The molecular weight excluding hydrogens is 389 g/mol. The summed E-state index contributed by atoms with van der Waals surface area (Å²) >= 11 is 0. The Morgan fingerprint density at radius 2 is 1.93 bits per heavy atom. The number of hydrogen-bond acceptors (Lipinski definition) is 4. The van der Waals surface area contributed by atoms with E-state index < -0.39 is 11.9 Å². The molecule has 1 aliphatic heterocycles. The summed E-state index contributed by atoms with van der Waals surface area (Å²) in [5.41, 5.74) is 0.313. The standard InChI is InChI=1S/C22H32FN3O4/c1-15(2)13-19(27)25-20(21(28)24-9-12-30-3)16-7-10-26(11-8-16)22(29)17-5-4-6-18(23)14-17/h4-6,14-16,20H,7-13H2,1-3H3,(H,24,28)(H,25,27)/t20-/m0/s1. The molecule has 1 fully saturated rings. The first kappa shape index (κ1) is 23.8. The van der Waals surface area contributed by atoms with E-state index in [0.717, 1.165) is 0 Å². The summed E-state index contributed by atoms with van der Waals surface area (Å²) in [6.45, 7) is 5.54. The van der Waals surface area contributed by atoms with Crippen molar-refractivity contribution in [2.45, 2.75) is 39.2 Å². The third kappa shape index (κ3) is 7.09. The molecule has 1 aromatic rings. The van der Waals surface area contributed by atoms with Gasteiger partial charge in [-0.15, -0.1) is 0 Å². The number of likely N-dealkylation sites (tertiary alicyclic amines) is 1. The predicted molar refractivity (Wildman–Crippen MR) is 111 cm³/mol. The largest absolute Gasteiger partial charge is 0.383 e. The van der Waals surface area contributed by atoms with Crippen LogP contribution in [-0.2, 0) is 14.3 Å². The molecule has 30 heavy (non-hydrogen) atoms. The second kappa shape index (κ2) is 11.6. The van der Waals surface area contributed by atoms with Crippen molar-refractivity contribution in [3.05, 3.63) is 35.6 Å². The van der Waals surface area contributed by atoms with Crippen molar-refractivity contribution in [1.29, 1.82) is 0 Å². The summed E-state index contributed by atoms with van der Waals surface area (Å²) in [4.78, 5) is 39.3. The Morgan fingerprint density at radius 3 is 2.53 bits per heavy atom. The van der Waals surface area contributed by atoms with Gasteiger partial charge in [0.05, 0.1) is 6.61 Å². The normalized spacial score (nSPS) is 15.7. The molecule has 0 saturated carbocycles. The van der Waals surface area contributed by atoms with Gasteiger partial charge in [0.15, 0.2) is 0 Å². The summed E-state index contributed by atoms with van der Waals surface area (Å²) < 4.78 is 18.4. The summed E-state index contributed by atoms with van der Waals surface area (Å²) in [6.07, 6.45) is 1.50. The van der Waals surface area contributed by atoms with Crippen LogP contribution in [0.25, 0.3) is 0 Å². The highest BCUT2D eigenvalue weighted by Gasteiger charge is 2.34. The first-order chi connectivity index (χ1) is 14.3. The summed E-state index contributed by atoms with van der Waals surface area (Å²) in [5, 5.41) is 5.69. The average Bonchev–Trinajstić information content (AvgIpc) is 2.71. The molecule has 8 heteroatoms. The van der Waals surface area contributed by atoms with Gasteiger partial charge >= 0.3 is 0 Å². The van der Waals surface area contributed by atoms with Gasteiger partial charge < -0.3 is 20.3 Å². The fourth-order valence-electron chi connectivity index (χ4n) is 3.63. The highest BCUT2D eigenvalue weighted by molar-refractivity contribution is 5.94. The zero-order valence-electron chi connectivity index (χ0n) is 17.9. The highest BCUT2D eigenvalue weighted by Crippen LogP contribution is 2.23. The van der Waals surface area contributed by atoms with Crippen LogP contribution >= 0.6 is 0 Å². The van der Waals surface area contributed by atoms with Gasteiger partial charge in [0.25, 0.3) is 5.91 Å². The van der Waals surface area contributed by atoms with Crippen LogP contribution in [0.15, 0.2) is 24.3 Å². The first-order valence-corrected chi connectivity index (χ1v) is 10.4. The van der Waals surface area contributed by atoms with Crippen LogP contribution in [-0.4, -0.2) is 62.0 Å². The van der Waals surface area contributed by atoms with Crippen LogP contribution in [0.3, 0.4) is 0 Å². The predicted octanol–water partition coefficient (Wildman–Crippen LogP) is 1.97. The van der Waals surface area contributed by atoms with E-state index in [9.17, 15) is 18.8 Å².